The lowest BCUT2D eigenvalue weighted by atomic mass is 9.67. The van der Waals surface area contributed by atoms with E-state index in [0.717, 1.165) is 0 Å². The zero-order chi connectivity index (χ0) is 14.8. The molecule has 3 rings (SSSR count). The van der Waals surface area contributed by atoms with Gasteiger partial charge in [-0.15, -0.1) is 0 Å². The third-order valence-electron chi connectivity index (χ3n) is 5.83. The predicted molar refractivity (Wildman–Crippen MR) is 70.5 cm³/mol. The van der Waals surface area contributed by atoms with E-state index in [1.807, 2.05) is 6.92 Å². The summed E-state index contributed by atoms with van der Waals surface area (Å²) in [4.78, 5) is 11.7. The normalized spacial score (nSPS) is 55.1. The van der Waals surface area contributed by atoms with Crippen LogP contribution in [0.3, 0.4) is 0 Å². The zero-order valence-electron chi connectivity index (χ0n) is 11.8. The highest BCUT2D eigenvalue weighted by molar-refractivity contribution is 5.91. The fraction of sp³-hybridized carbons (Fsp3) is 0.800. The van der Waals surface area contributed by atoms with Crippen LogP contribution in [-0.2, 0) is 9.53 Å². The molecule has 8 atom stereocenters. The van der Waals surface area contributed by atoms with Gasteiger partial charge in [0.15, 0.2) is 0 Å². The van der Waals surface area contributed by atoms with Crippen LogP contribution >= 0.6 is 0 Å². The number of aliphatic hydroxyl groups excluding tert-OH is 3. The Bertz CT molecular complexity index is 461. The molecule has 0 aromatic heterocycles. The molecule has 0 aromatic rings. The Morgan fingerprint density at radius 1 is 1.30 bits per heavy atom. The van der Waals surface area contributed by atoms with Crippen molar-refractivity contribution in [3.05, 3.63) is 12.2 Å². The molecule has 3 aliphatic rings. The van der Waals surface area contributed by atoms with E-state index in [0.29, 0.717) is 6.42 Å². The number of hydrogen-bond donors (Lipinski definition) is 3. The van der Waals surface area contributed by atoms with Gasteiger partial charge in [-0.05, 0) is 18.3 Å². The summed E-state index contributed by atoms with van der Waals surface area (Å²) >= 11 is 0. The summed E-state index contributed by atoms with van der Waals surface area (Å²) in [7, 11) is 0. The van der Waals surface area contributed by atoms with E-state index >= 15 is 0 Å². The number of ether oxygens (including phenoxy) is 1. The van der Waals surface area contributed by atoms with Gasteiger partial charge < -0.3 is 20.1 Å². The van der Waals surface area contributed by atoms with Crippen LogP contribution in [0, 0.1) is 23.2 Å². The van der Waals surface area contributed by atoms with Gasteiger partial charge in [-0.2, -0.15) is 0 Å². The van der Waals surface area contributed by atoms with Crippen molar-refractivity contribution in [2.24, 2.45) is 23.2 Å². The predicted octanol–water partition coefficient (Wildman–Crippen LogP) is 0.233. The second kappa shape index (κ2) is 4.29. The summed E-state index contributed by atoms with van der Waals surface area (Å²) in [6.07, 6.45) is -1.92. The van der Waals surface area contributed by atoms with Gasteiger partial charge in [-0.25, -0.2) is 4.79 Å². The Labute approximate surface area is 118 Å². The Kier molecular flexibility index (Phi) is 3.01. The minimum Gasteiger partial charge on any atom is -0.458 e. The van der Waals surface area contributed by atoms with Crippen LogP contribution in [0.4, 0.5) is 0 Å². The SMILES string of the molecule is C=C1C(=O)O[C@H]2C[C@H](C)[C@@H]3[C@@H](O)C[C@@H](O)[C@@]3(C)[C@H](O)[C@H]12. The molecular weight excluding hydrogens is 260 g/mol. The third kappa shape index (κ3) is 1.57. The first-order chi connectivity index (χ1) is 9.28. The maximum atomic E-state index is 11.7. The summed E-state index contributed by atoms with van der Waals surface area (Å²) in [5.41, 5.74) is -0.556. The summed E-state index contributed by atoms with van der Waals surface area (Å²) in [6.45, 7) is 7.53. The summed E-state index contributed by atoms with van der Waals surface area (Å²) in [5, 5.41) is 31.4. The minimum absolute atomic E-state index is 0.0514. The quantitative estimate of drug-likeness (QED) is 0.437. The van der Waals surface area contributed by atoms with Gasteiger partial charge in [0.05, 0.1) is 24.2 Å². The Morgan fingerprint density at radius 2 is 1.95 bits per heavy atom. The largest absolute Gasteiger partial charge is 0.458 e. The molecule has 0 bridgehead atoms. The van der Waals surface area contributed by atoms with E-state index < -0.39 is 41.7 Å². The Balaban J connectivity index is 2.06. The van der Waals surface area contributed by atoms with Crippen LogP contribution < -0.4 is 0 Å². The number of carbonyl (C=O) groups excluding carboxylic acids is 1. The van der Waals surface area contributed by atoms with Crippen molar-refractivity contribution in [2.75, 3.05) is 0 Å². The van der Waals surface area contributed by atoms with E-state index in [4.69, 9.17) is 4.74 Å². The average Bonchev–Trinajstić information content (AvgIpc) is 2.72. The molecule has 5 nitrogen and oxygen atoms in total. The Morgan fingerprint density at radius 3 is 2.60 bits per heavy atom. The molecule has 0 aromatic carbocycles. The van der Waals surface area contributed by atoms with Crippen molar-refractivity contribution in [1.29, 1.82) is 0 Å². The molecule has 2 aliphatic carbocycles. The molecular formula is C15H22O5. The lowest BCUT2D eigenvalue weighted by Crippen LogP contribution is -2.49. The number of esters is 1. The average molecular weight is 282 g/mol. The van der Waals surface area contributed by atoms with Crippen LogP contribution in [0.15, 0.2) is 12.2 Å². The van der Waals surface area contributed by atoms with Gasteiger partial charge in [0, 0.05) is 17.4 Å². The van der Waals surface area contributed by atoms with Crippen LogP contribution in [0.1, 0.15) is 26.7 Å². The summed E-state index contributed by atoms with van der Waals surface area (Å²) in [5.74, 6) is -1.10. The number of fused-ring (bicyclic) bond motifs is 2. The molecule has 112 valence electrons. The van der Waals surface area contributed by atoms with Gasteiger partial charge in [-0.3, -0.25) is 0 Å². The van der Waals surface area contributed by atoms with Crippen LogP contribution in [-0.4, -0.2) is 45.7 Å². The highest BCUT2D eigenvalue weighted by Gasteiger charge is 2.63. The third-order valence-corrected chi connectivity index (χ3v) is 5.83. The lowest BCUT2D eigenvalue weighted by Gasteiger charge is -2.41. The first kappa shape index (κ1) is 14.0. The van der Waals surface area contributed by atoms with E-state index in [2.05, 4.69) is 6.58 Å². The number of hydrogen-bond acceptors (Lipinski definition) is 5. The molecule has 1 heterocycles. The molecule has 3 fully saturated rings. The minimum atomic E-state index is -0.937. The van der Waals surface area contributed by atoms with E-state index in [9.17, 15) is 20.1 Å². The van der Waals surface area contributed by atoms with E-state index in [-0.39, 0.29) is 23.8 Å². The molecule has 1 aliphatic heterocycles. The molecule has 5 heteroatoms. The first-order valence-corrected chi connectivity index (χ1v) is 7.22. The molecule has 0 radical (unpaired) electrons. The van der Waals surface area contributed by atoms with Gasteiger partial charge in [-0.1, -0.05) is 20.4 Å². The molecule has 0 unspecified atom stereocenters. The topological polar surface area (TPSA) is 87.0 Å². The number of aliphatic hydroxyl groups is 3. The second-order valence-corrected chi connectivity index (χ2v) is 6.86. The molecule has 0 amide bonds. The monoisotopic (exact) mass is 282 g/mol. The second-order valence-electron chi connectivity index (χ2n) is 6.86. The van der Waals surface area contributed by atoms with Gasteiger partial charge in [0.2, 0.25) is 0 Å². The first-order valence-electron chi connectivity index (χ1n) is 7.22. The number of rotatable bonds is 0. The van der Waals surface area contributed by atoms with Crippen LogP contribution in [0.2, 0.25) is 0 Å². The fourth-order valence-electron chi connectivity index (χ4n) is 4.79. The maximum absolute atomic E-state index is 11.7. The number of carbonyl (C=O) groups is 1. The van der Waals surface area contributed by atoms with E-state index in [1.54, 1.807) is 6.92 Å². The Hall–Kier alpha value is -0.910. The molecule has 0 spiro atoms. The van der Waals surface area contributed by atoms with Crippen molar-refractivity contribution in [1.82, 2.24) is 0 Å². The smallest absolute Gasteiger partial charge is 0.334 e. The summed E-state index contributed by atoms with van der Waals surface area (Å²) in [6, 6.07) is 0. The fourth-order valence-corrected chi connectivity index (χ4v) is 4.79. The van der Waals surface area contributed by atoms with Gasteiger partial charge in [0.25, 0.3) is 0 Å². The van der Waals surface area contributed by atoms with E-state index in [1.165, 1.54) is 0 Å². The maximum Gasteiger partial charge on any atom is 0.334 e. The standard InChI is InChI=1S/C15H22O5/c1-6-4-9-11(7(2)14(19)20-9)13(18)15(3)10(17)5-8(16)12(6)15/h6,8-13,16-18H,2,4-5H2,1,3H3/t6-,8-,9-,10+,11+,12+,13+,15+/m0/s1. The van der Waals surface area contributed by atoms with Gasteiger partial charge in [0.1, 0.15) is 6.10 Å². The van der Waals surface area contributed by atoms with Crippen LogP contribution in [0.25, 0.3) is 0 Å². The highest BCUT2D eigenvalue weighted by Crippen LogP contribution is 2.56. The summed E-state index contributed by atoms with van der Waals surface area (Å²) < 4.78 is 5.32. The van der Waals surface area contributed by atoms with Crippen molar-refractivity contribution in [3.63, 3.8) is 0 Å². The lowest BCUT2D eigenvalue weighted by molar-refractivity contribution is -0.140. The molecule has 2 saturated carbocycles. The zero-order valence-corrected chi connectivity index (χ0v) is 11.8. The molecule has 3 N–H and O–H groups in total. The van der Waals surface area contributed by atoms with Crippen molar-refractivity contribution in [2.45, 2.75) is 51.1 Å². The van der Waals surface area contributed by atoms with Crippen LogP contribution in [0.5, 0.6) is 0 Å². The van der Waals surface area contributed by atoms with Crippen molar-refractivity contribution >= 4 is 5.97 Å². The molecule has 1 saturated heterocycles. The molecule has 20 heavy (non-hydrogen) atoms. The highest BCUT2D eigenvalue weighted by atomic mass is 16.6. The van der Waals surface area contributed by atoms with Crippen molar-refractivity contribution < 1.29 is 24.9 Å². The van der Waals surface area contributed by atoms with Crippen molar-refractivity contribution in [3.8, 4) is 0 Å². The van der Waals surface area contributed by atoms with Gasteiger partial charge >= 0.3 is 5.97 Å².